The molecule has 0 aromatic heterocycles. The zero-order valence-electron chi connectivity index (χ0n) is 65.1. The average molecular weight is 1450 g/mol. The molecule has 588 valence electrons. The standard InChI is InChI=1S/C80H156O17P2/c1-9-73(8)59-51-43-38-39-45-53-61-78(83)91-67-76(97-80(85)63-55-47-37-30-24-20-16-18-22-27-33-41-49-57-71(4)5)69-95-99(88,89)93-65-74(81)64-92-98(86,87)94-68-75(66-90-77(82)60-52-44-35-31-25-28-34-42-50-58-72(6)7)96-79(84)62-54-46-36-29-23-19-15-13-11-10-12-14-17-21-26-32-40-48-56-70(2)3/h70-76,81H,9-69H2,1-8H3,(H,86,87)(H,88,89)/t73?,74-,75-,76-/m1/s1. The van der Waals surface area contributed by atoms with Crippen molar-refractivity contribution >= 4 is 39.5 Å². The molecule has 17 nitrogen and oxygen atoms in total. The Hall–Kier alpha value is -1.94. The summed E-state index contributed by atoms with van der Waals surface area (Å²) in [5.41, 5.74) is 0. The Labute approximate surface area is 607 Å². The van der Waals surface area contributed by atoms with Gasteiger partial charge in [-0.05, 0) is 49.4 Å². The predicted molar refractivity (Wildman–Crippen MR) is 404 cm³/mol. The Balaban J connectivity index is 5.21. The van der Waals surface area contributed by atoms with Crippen LogP contribution in [0.4, 0.5) is 0 Å². The van der Waals surface area contributed by atoms with Gasteiger partial charge in [0.1, 0.15) is 19.3 Å². The van der Waals surface area contributed by atoms with Crippen molar-refractivity contribution in [1.82, 2.24) is 0 Å². The van der Waals surface area contributed by atoms with Gasteiger partial charge in [0.05, 0.1) is 26.4 Å². The van der Waals surface area contributed by atoms with E-state index in [-0.39, 0.29) is 25.7 Å². The summed E-state index contributed by atoms with van der Waals surface area (Å²) in [6.45, 7) is 14.2. The van der Waals surface area contributed by atoms with E-state index in [1.165, 1.54) is 205 Å². The molecule has 0 saturated heterocycles. The van der Waals surface area contributed by atoms with Crippen LogP contribution in [0, 0.1) is 23.7 Å². The molecule has 0 aliphatic carbocycles. The van der Waals surface area contributed by atoms with E-state index in [1.54, 1.807) is 0 Å². The maximum Gasteiger partial charge on any atom is 0.472 e. The van der Waals surface area contributed by atoms with Crippen LogP contribution in [0.25, 0.3) is 0 Å². The van der Waals surface area contributed by atoms with E-state index in [0.29, 0.717) is 25.7 Å². The summed E-state index contributed by atoms with van der Waals surface area (Å²) in [5, 5.41) is 10.6. The number of hydrogen-bond donors (Lipinski definition) is 3. The second-order valence-electron chi connectivity index (χ2n) is 30.5. The Morgan fingerprint density at radius 1 is 0.283 bits per heavy atom. The van der Waals surface area contributed by atoms with E-state index < -0.39 is 97.5 Å². The van der Waals surface area contributed by atoms with Gasteiger partial charge in [-0.25, -0.2) is 9.13 Å². The van der Waals surface area contributed by atoms with Gasteiger partial charge in [0.15, 0.2) is 12.2 Å². The number of carbonyl (C=O) groups excluding carboxylic acids is 4. The maximum absolute atomic E-state index is 13.1. The molecule has 0 amide bonds. The van der Waals surface area contributed by atoms with Crippen molar-refractivity contribution in [2.45, 2.75) is 427 Å². The average Bonchev–Trinajstić information content (AvgIpc) is 0.951. The van der Waals surface area contributed by atoms with Crippen LogP contribution in [-0.4, -0.2) is 96.7 Å². The normalized spacial score (nSPS) is 14.3. The van der Waals surface area contributed by atoms with Crippen molar-refractivity contribution in [3.63, 3.8) is 0 Å². The lowest BCUT2D eigenvalue weighted by molar-refractivity contribution is -0.161. The molecule has 0 heterocycles. The second-order valence-corrected chi connectivity index (χ2v) is 33.4. The largest absolute Gasteiger partial charge is 0.472 e. The first-order valence-electron chi connectivity index (χ1n) is 41.2. The van der Waals surface area contributed by atoms with Gasteiger partial charge in [0.2, 0.25) is 0 Å². The van der Waals surface area contributed by atoms with Crippen LogP contribution in [0.15, 0.2) is 0 Å². The van der Waals surface area contributed by atoms with Crippen LogP contribution in [0.2, 0.25) is 0 Å². The number of phosphoric ester groups is 2. The molecular formula is C80H156O17P2. The van der Waals surface area contributed by atoms with Gasteiger partial charge in [-0.15, -0.1) is 0 Å². The molecule has 3 unspecified atom stereocenters. The number of esters is 4. The van der Waals surface area contributed by atoms with Crippen molar-refractivity contribution in [3.8, 4) is 0 Å². The van der Waals surface area contributed by atoms with E-state index in [9.17, 15) is 43.2 Å². The summed E-state index contributed by atoms with van der Waals surface area (Å²) in [6.07, 6.45) is 55.6. The quantitative estimate of drug-likeness (QED) is 0.0222. The number of carbonyl (C=O) groups is 4. The van der Waals surface area contributed by atoms with Crippen molar-refractivity contribution in [3.05, 3.63) is 0 Å². The topological polar surface area (TPSA) is 237 Å². The highest BCUT2D eigenvalue weighted by atomic mass is 31.2. The predicted octanol–water partition coefficient (Wildman–Crippen LogP) is 23.6. The highest BCUT2D eigenvalue weighted by Gasteiger charge is 2.30. The molecule has 19 heteroatoms. The lowest BCUT2D eigenvalue weighted by Gasteiger charge is -2.21. The molecule has 0 fully saturated rings. The third-order valence-corrected chi connectivity index (χ3v) is 20.8. The Bertz CT molecular complexity index is 1940. The molecular weight excluding hydrogens is 1290 g/mol. The van der Waals surface area contributed by atoms with Gasteiger partial charge < -0.3 is 33.8 Å². The molecule has 0 radical (unpaired) electrons. The molecule has 0 saturated carbocycles. The Morgan fingerprint density at radius 2 is 0.485 bits per heavy atom. The SMILES string of the molecule is CCC(C)CCCCCCCCC(=O)OC[C@H](COP(=O)(O)OC[C@H](O)COP(=O)(O)OC[C@@H](COC(=O)CCCCCCCCCCCC(C)C)OC(=O)CCCCCCCCCCCCCCCCCCCCC(C)C)OC(=O)CCCCCCCCCCCCCCCC(C)C. The first kappa shape index (κ1) is 97.1. The minimum absolute atomic E-state index is 0.106. The highest BCUT2D eigenvalue weighted by Crippen LogP contribution is 2.45. The number of aliphatic hydroxyl groups is 1. The van der Waals surface area contributed by atoms with E-state index in [0.717, 1.165) is 120 Å². The van der Waals surface area contributed by atoms with Crippen LogP contribution in [0.3, 0.4) is 0 Å². The molecule has 0 aromatic carbocycles. The number of unbranched alkanes of at least 4 members (excludes halogenated alkanes) is 42. The third-order valence-electron chi connectivity index (χ3n) is 18.9. The Kier molecular flexibility index (Phi) is 67.8. The number of ether oxygens (including phenoxy) is 4. The summed E-state index contributed by atoms with van der Waals surface area (Å²) >= 11 is 0. The summed E-state index contributed by atoms with van der Waals surface area (Å²) < 4.78 is 68.7. The van der Waals surface area contributed by atoms with Gasteiger partial charge in [-0.2, -0.15) is 0 Å². The molecule has 0 spiro atoms. The van der Waals surface area contributed by atoms with Crippen molar-refractivity contribution in [1.29, 1.82) is 0 Å². The molecule has 6 atom stereocenters. The third kappa shape index (κ3) is 72.8. The van der Waals surface area contributed by atoms with Gasteiger partial charge >= 0.3 is 39.5 Å². The molecule has 0 aliphatic rings. The van der Waals surface area contributed by atoms with E-state index >= 15 is 0 Å². The van der Waals surface area contributed by atoms with E-state index in [2.05, 4.69) is 55.4 Å². The number of phosphoric acid groups is 2. The van der Waals surface area contributed by atoms with Crippen LogP contribution in [-0.2, 0) is 65.4 Å². The first-order chi connectivity index (χ1) is 47.6. The second kappa shape index (κ2) is 69.1. The maximum atomic E-state index is 13.1. The summed E-state index contributed by atoms with van der Waals surface area (Å²) in [6, 6.07) is 0. The fraction of sp³-hybridized carbons (Fsp3) is 0.950. The molecule has 0 aliphatic heterocycles. The number of hydrogen-bond acceptors (Lipinski definition) is 15. The number of aliphatic hydroxyl groups excluding tert-OH is 1. The van der Waals surface area contributed by atoms with Crippen molar-refractivity contribution in [2.75, 3.05) is 39.6 Å². The lowest BCUT2D eigenvalue weighted by atomic mass is 10.00. The minimum Gasteiger partial charge on any atom is -0.462 e. The van der Waals surface area contributed by atoms with Crippen LogP contribution < -0.4 is 0 Å². The molecule has 99 heavy (non-hydrogen) atoms. The zero-order chi connectivity index (χ0) is 73.1. The van der Waals surface area contributed by atoms with Crippen molar-refractivity contribution < 1.29 is 80.2 Å². The summed E-state index contributed by atoms with van der Waals surface area (Å²) in [5.74, 6) is 0.964. The zero-order valence-corrected chi connectivity index (χ0v) is 66.9. The molecule has 3 N–H and O–H groups in total. The smallest absolute Gasteiger partial charge is 0.462 e. The first-order valence-corrected chi connectivity index (χ1v) is 44.2. The van der Waals surface area contributed by atoms with Gasteiger partial charge in [0, 0.05) is 25.7 Å². The van der Waals surface area contributed by atoms with Gasteiger partial charge in [-0.1, -0.05) is 357 Å². The number of rotatable bonds is 77. The van der Waals surface area contributed by atoms with Gasteiger partial charge in [-0.3, -0.25) is 37.3 Å². The minimum atomic E-state index is -4.96. The molecule has 0 bridgehead atoms. The van der Waals surface area contributed by atoms with Crippen LogP contribution in [0.1, 0.15) is 409 Å². The van der Waals surface area contributed by atoms with Crippen molar-refractivity contribution in [2.24, 2.45) is 23.7 Å². The highest BCUT2D eigenvalue weighted by molar-refractivity contribution is 7.47. The fourth-order valence-electron chi connectivity index (χ4n) is 12.2. The Morgan fingerprint density at radius 3 is 0.717 bits per heavy atom. The molecule has 0 aromatic rings. The van der Waals surface area contributed by atoms with Gasteiger partial charge in [0.25, 0.3) is 0 Å². The van der Waals surface area contributed by atoms with E-state index in [1.807, 2.05) is 0 Å². The lowest BCUT2D eigenvalue weighted by Crippen LogP contribution is -2.30. The fourth-order valence-corrected chi connectivity index (χ4v) is 13.8. The summed E-state index contributed by atoms with van der Waals surface area (Å²) in [7, 11) is -9.92. The molecule has 0 rings (SSSR count). The summed E-state index contributed by atoms with van der Waals surface area (Å²) in [4.78, 5) is 72.9. The van der Waals surface area contributed by atoms with Crippen LogP contribution >= 0.6 is 15.6 Å². The van der Waals surface area contributed by atoms with Crippen LogP contribution in [0.5, 0.6) is 0 Å². The monoisotopic (exact) mass is 1450 g/mol. The van der Waals surface area contributed by atoms with E-state index in [4.69, 9.17) is 37.0 Å².